The molecule has 0 unspecified atom stereocenters. The van der Waals surface area contributed by atoms with Crippen molar-refractivity contribution >= 4 is 22.6 Å². The number of benzene rings is 2. The largest absolute Gasteiger partial charge is 0.495 e. The second-order valence-electron chi connectivity index (χ2n) is 7.07. The van der Waals surface area contributed by atoms with Gasteiger partial charge in [-0.3, -0.25) is 9.59 Å². The van der Waals surface area contributed by atoms with Gasteiger partial charge in [0.25, 0.3) is 5.56 Å². The number of anilines is 1. The number of nitrogens with zero attached hydrogens (tertiary/aromatic N) is 3. The summed E-state index contributed by atoms with van der Waals surface area (Å²) in [5.41, 5.74) is 2.68. The van der Waals surface area contributed by atoms with Crippen LogP contribution in [0.1, 0.15) is 12.1 Å². The summed E-state index contributed by atoms with van der Waals surface area (Å²) in [6, 6.07) is 15.3. The molecule has 4 rings (SSSR count). The first-order valence-electron chi connectivity index (χ1n) is 9.79. The molecule has 7 nitrogen and oxygen atoms in total. The van der Waals surface area contributed by atoms with Crippen LogP contribution in [-0.2, 0) is 11.2 Å². The van der Waals surface area contributed by atoms with Crippen LogP contribution in [0.3, 0.4) is 0 Å². The van der Waals surface area contributed by atoms with E-state index in [2.05, 4.69) is 14.9 Å². The van der Waals surface area contributed by atoms with Gasteiger partial charge in [0, 0.05) is 39.0 Å². The van der Waals surface area contributed by atoms with Crippen LogP contribution >= 0.6 is 0 Å². The third-order valence-corrected chi connectivity index (χ3v) is 5.30. The lowest BCUT2D eigenvalue weighted by atomic mass is 10.2. The van der Waals surface area contributed by atoms with Crippen LogP contribution in [0.4, 0.5) is 5.69 Å². The molecule has 150 valence electrons. The molecule has 1 fully saturated rings. The number of piperazine rings is 1. The van der Waals surface area contributed by atoms with Gasteiger partial charge in [-0.1, -0.05) is 24.3 Å². The Morgan fingerprint density at radius 1 is 1.07 bits per heavy atom. The van der Waals surface area contributed by atoms with Crippen molar-refractivity contribution < 1.29 is 9.53 Å². The normalized spacial score (nSPS) is 14.2. The van der Waals surface area contributed by atoms with Gasteiger partial charge in [0.1, 0.15) is 11.4 Å². The molecular weight excluding hydrogens is 368 g/mol. The Kier molecular flexibility index (Phi) is 5.46. The molecule has 29 heavy (non-hydrogen) atoms. The van der Waals surface area contributed by atoms with E-state index in [1.54, 1.807) is 7.11 Å². The molecule has 2 heterocycles. The summed E-state index contributed by atoms with van der Waals surface area (Å²) >= 11 is 0. The Labute approximate surface area is 168 Å². The van der Waals surface area contributed by atoms with Crippen LogP contribution in [-0.4, -0.2) is 54.1 Å². The van der Waals surface area contributed by atoms with Crippen molar-refractivity contribution in [3.05, 3.63) is 64.6 Å². The van der Waals surface area contributed by atoms with Gasteiger partial charge < -0.3 is 19.5 Å². The van der Waals surface area contributed by atoms with Gasteiger partial charge in [-0.05, 0) is 24.3 Å². The highest BCUT2D eigenvalue weighted by atomic mass is 16.5. The molecule has 0 spiro atoms. The highest BCUT2D eigenvalue weighted by molar-refractivity contribution is 5.77. The zero-order valence-electron chi connectivity index (χ0n) is 16.4. The lowest BCUT2D eigenvalue weighted by Gasteiger charge is -2.36. The third-order valence-electron chi connectivity index (χ3n) is 5.30. The molecule has 0 atom stereocenters. The summed E-state index contributed by atoms with van der Waals surface area (Å²) in [6.45, 7) is 2.80. The maximum Gasteiger partial charge on any atom is 0.270 e. The summed E-state index contributed by atoms with van der Waals surface area (Å²) < 4.78 is 5.44. The summed E-state index contributed by atoms with van der Waals surface area (Å²) in [7, 11) is 1.67. The predicted molar refractivity (Wildman–Crippen MR) is 112 cm³/mol. The van der Waals surface area contributed by atoms with Gasteiger partial charge in [0.05, 0.1) is 23.8 Å². The topological polar surface area (TPSA) is 78.5 Å². The Morgan fingerprint density at radius 3 is 2.59 bits per heavy atom. The van der Waals surface area contributed by atoms with Crippen LogP contribution < -0.4 is 15.2 Å². The van der Waals surface area contributed by atoms with Crippen LogP contribution in [0, 0.1) is 0 Å². The second kappa shape index (κ2) is 8.34. The third kappa shape index (κ3) is 4.08. The summed E-state index contributed by atoms with van der Waals surface area (Å²) in [6.07, 6.45) is 0.620. The number of hydrogen-bond acceptors (Lipinski definition) is 5. The molecule has 1 N–H and O–H groups in total. The lowest BCUT2D eigenvalue weighted by molar-refractivity contribution is -0.131. The van der Waals surface area contributed by atoms with Gasteiger partial charge in [-0.2, -0.15) is 0 Å². The van der Waals surface area contributed by atoms with Crippen molar-refractivity contribution in [3.8, 4) is 5.75 Å². The number of aromatic amines is 1. The standard InChI is InChI=1S/C22H24N4O3/c1-29-20-9-5-4-8-19(20)25-12-14-26(15-13-25)21(27)11-10-18-22(28)24-17-7-3-2-6-16(17)23-18/h2-9H,10-15H2,1H3,(H,24,28). The monoisotopic (exact) mass is 392 g/mol. The Hall–Kier alpha value is -3.35. The number of carbonyl (C=O) groups is 1. The quantitative estimate of drug-likeness (QED) is 0.720. The second-order valence-corrected chi connectivity index (χ2v) is 7.07. The molecule has 0 radical (unpaired) electrons. The van der Waals surface area contributed by atoms with Crippen LogP contribution in [0.2, 0.25) is 0 Å². The number of H-pyrrole nitrogens is 1. The highest BCUT2D eigenvalue weighted by Gasteiger charge is 2.23. The number of aryl methyl sites for hydroxylation is 1. The number of aromatic nitrogens is 2. The lowest BCUT2D eigenvalue weighted by Crippen LogP contribution is -2.49. The maximum atomic E-state index is 12.7. The van der Waals surface area contributed by atoms with Gasteiger partial charge in [-0.15, -0.1) is 0 Å². The zero-order valence-corrected chi connectivity index (χ0v) is 16.4. The molecule has 3 aromatic rings. The molecule has 1 amide bonds. The van der Waals surface area contributed by atoms with Crippen molar-refractivity contribution in [2.24, 2.45) is 0 Å². The van der Waals surface area contributed by atoms with Gasteiger partial charge in [0.15, 0.2) is 0 Å². The van der Waals surface area contributed by atoms with Gasteiger partial charge >= 0.3 is 0 Å². The Balaban J connectivity index is 1.36. The van der Waals surface area contributed by atoms with Crippen molar-refractivity contribution in [2.75, 3.05) is 38.2 Å². The number of rotatable bonds is 5. The van der Waals surface area contributed by atoms with E-state index in [-0.39, 0.29) is 17.9 Å². The predicted octanol–water partition coefficient (Wildman–Crippen LogP) is 2.21. The fraction of sp³-hybridized carbons (Fsp3) is 0.318. The molecule has 1 aliphatic rings. The van der Waals surface area contributed by atoms with Crippen LogP contribution in [0.5, 0.6) is 5.75 Å². The molecule has 7 heteroatoms. The molecule has 0 bridgehead atoms. The fourth-order valence-corrected chi connectivity index (χ4v) is 3.71. The minimum atomic E-state index is -0.225. The summed E-state index contributed by atoms with van der Waals surface area (Å²) in [4.78, 5) is 36.2. The van der Waals surface area contributed by atoms with E-state index in [0.717, 1.165) is 30.0 Å². The first kappa shape index (κ1) is 19.0. The number of para-hydroxylation sites is 4. The molecule has 2 aromatic carbocycles. The van der Waals surface area contributed by atoms with E-state index in [0.29, 0.717) is 30.7 Å². The van der Waals surface area contributed by atoms with Crippen molar-refractivity contribution in [3.63, 3.8) is 0 Å². The van der Waals surface area contributed by atoms with E-state index in [4.69, 9.17) is 4.74 Å². The number of amides is 1. The smallest absolute Gasteiger partial charge is 0.270 e. The van der Waals surface area contributed by atoms with E-state index in [9.17, 15) is 9.59 Å². The van der Waals surface area contributed by atoms with Crippen molar-refractivity contribution in [1.82, 2.24) is 14.9 Å². The SMILES string of the molecule is COc1ccccc1N1CCN(C(=O)CCc2nc3ccccc3[nH]c2=O)CC1. The van der Waals surface area contributed by atoms with Crippen molar-refractivity contribution in [1.29, 1.82) is 0 Å². The number of fused-ring (bicyclic) bond motifs is 1. The highest BCUT2D eigenvalue weighted by Crippen LogP contribution is 2.28. The summed E-state index contributed by atoms with van der Waals surface area (Å²) in [5.74, 6) is 0.896. The number of ether oxygens (including phenoxy) is 1. The first-order valence-corrected chi connectivity index (χ1v) is 9.79. The fourth-order valence-electron chi connectivity index (χ4n) is 3.71. The Bertz CT molecular complexity index is 1070. The van der Waals surface area contributed by atoms with Gasteiger partial charge in [-0.25, -0.2) is 4.98 Å². The molecule has 1 saturated heterocycles. The zero-order chi connectivity index (χ0) is 20.2. The van der Waals surface area contributed by atoms with Crippen LogP contribution in [0.15, 0.2) is 53.3 Å². The molecular formula is C22H24N4O3. The number of methoxy groups -OCH3 is 1. The molecule has 0 saturated carbocycles. The van der Waals surface area contributed by atoms with Crippen LogP contribution in [0.25, 0.3) is 11.0 Å². The molecule has 0 aliphatic carbocycles. The maximum absolute atomic E-state index is 12.7. The summed E-state index contributed by atoms with van der Waals surface area (Å²) in [5, 5.41) is 0. The first-order chi connectivity index (χ1) is 14.2. The van der Waals surface area contributed by atoms with E-state index in [1.165, 1.54) is 0 Å². The molecule has 1 aromatic heterocycles. The minimum absolute atomic E-state index is 0.0547. The van der Waals surface area contributed by atoms with E-state index < -0.39 is 0 Å². The van der Waals surface area contributed by atoms with E-state index in [1.807, 2.05) is 53.4 Å². The Morgan fingerprint density at radius 2 is 1.79 bits per heavy atom. The van der Waals surface area contributed by atoms with Gasteiger partial charge in [0.2, 0.25) is 5.91 Å². The van der Waals surface area contributed by atoms with E-state index >= 15 is 0 Å². The average molecular weight is 392 g/mol. The number of nitrogens with one attached hydrogen (secondary N) is 1. The minimum Gasteiger partial charge on any atom is -0.495 e. The number of carbonyl (C=O) groups excluding carboxylic acids is 1. The van der Waals surface area contributed by atoms with Crippen molar-refractivity contribution in [2.45, 2.75) is 12.8 Å². The molecule has 1 aliphatic heterocycles. The average Bonchev–Trinajstić information content (AvgIpc) is 2.77. The number of hydrogen-bond donors (Lipinski definition) is 1.